The van der Waals surface area contributed by atoms with E-state index in [0.29, 0.717) is 0 Å². The summed E-state index contributed by atoms with van der Waals surface area (Å²) in [6, 6.07) is -1.42. The summed E-state index contributed by atoms with van der Waals surface area (Å²) in [5, 5.41) is 30.7. The topological polar surface area (TPSA) is 142 Å². The van der Waals surface area contributed by atoms with Crippen LogP contribution in [-0.2, 0) is 14.3 Å². The molecule has 0 aromatic heterocycles. The van der Waals surface area contributed by atoms with Gasteiger partial charge >= 0.3 is 0 Å². The first kappa shape index (κ1) is 13.0. The maximum Gasteiger partial charge on any atom is 0.247 e. The van der Waals surface area contributed by atoms with Gasteiger partial charge in [0.2, 0.25) is 11.8 Å². The molecule has 1 rings (SSSR count). The van der Waals surface area contributed by atoms with Crippen molar-refractivity contribution in [2.45, 2.75) is 37.2 Å². The first-order valence-corrected chi connectivity index (χ1v) is 4.57. The molecule has 0 radical (unpaired) electrons. The molecule has 6 N–H and O–H groups in total. The molecule has 0 unspecified atom stereocenters. The quantitative estimate of drug-likeness (QED) is 0.245. The van der Waals surface area contributed by atoms with Crippen molar-refractivity contribution in [2.24, 2.45) is 5.73 Å². The fourth-order valence-corrected chi connectivity index (χ4v) is 1.51. The summed E-state index contributed by atoms with van der Waals surface area (Å²) in [6.45, 7) is 1.14. The molecule has 1 amide bonds. The average Bonchev–Trinajstić information content (AvgIpc) is 2.18. The number of nitrogens with one attached hydrogen (secondary N) is 1. The van der Waals surface area contributed by atoms with E-state index >= 15 is 0 Å². The van der Waals surface area contributed by atoms with E-state index in [1.807, 2.05) is 0 Å². The van der Waals surface area contributed by atoms with Crippen molar-refractivity contribution in [2.75, 3.05) is 0 Å². The largest absolute Gasteiger partial charge is 0.388 e. The highest BCUT2D eigenvalue weighted by Crippen LogP contribution is 2.23. The first-order valence-electron chi connectivity index (χ1n) is 4.57. The van der Waals surface area contributed by atoms with Crippen molar-refractivity contribution in [3.05, 3.63) is 0 Å². The molecule has 0 aliphatic carbocycles. The van der Waals surface area contributed by atoms with Gasteiger partial charge in [-0.2, -0.15) is 0 Å². The van der Waals surface area contributed by atoms with Crippen molar-refractivity contribution >= 4 is 12.2 Å². The SMILES string of the molecule is CC(=O)N[C@@H]1[C@@H](O)[C@H](O)[C@@H](C=O)O[C@@]1(N)O. The lowest BCUT2D eigenvalue weighted by Gasteiger charge is -2.44. The van der Waals surface area contributed by atoms with Crippen LogP contribution in [0.4, 0.5) is 0 Å². The monoisotopic (exact) mass is 234 g/mol. The molecule has 92 valence electrons. The van der Waals surface area contributed by atoms with Crippen LogP contribution >= 0.6 is 0 Å². The molecule has 0 bridgehead atoms. The normalized spacial score (nSPS) is 43.8. The number of aliphatic hydroxyl groups is 3. The Bertz CT molecular complexity index is 294. The molecule has 1 aliphatic heterocycles. The van der Waals surface area contributed by atoms with Gasteiger partial charge in [0.1, 0.15) is 24.4 Å². The minimum absolute atomic E-state index is 0.204. The van der Waals surface area contributed by atoms with Gasteiger partial charge in [0.25, 0.3) is 0 Å². The second-order valence-electron chi connectivity index (χ2n) is 3.63. The predicted molar refractivity (Wildman–Crippen MR) is 49.7 cm³/mol. The standard InChI is InChI=1S/C8H14N2O6/c1-3(12)10-7-6(14)5(13)4(2-11)16-8(7,9)15/h2,4-7,13-15H,9H2,1H3,(H,10,12)/t4-,5-,6+,7-,8+/m1/s1. The summed E-state index contributed by atoms with van der Waals surface area (Å²) in [7, 11) is 0. The van der Waals surface area contributed by atoms with Crippen LogP contribution < -0.4 is 11.1 Å². The summed E-state index contributed by atoms with van der Waals surface area (Å²) in [6.07, 6.45) is -4.42. The Morgan fingerprint density at radius 1 is 1.50 bits per heavy atom. The number of ether oxygens (including phenoxy) is 1. The molecule has 1 aliphatic rings. The Labute approximate surface area is 91.0 Å². The molecule has 0 spiro atoms. The summed E-state index contributed by atoms with van der Waals surface area (Å²) < 4.78 is 4.66. The maximum atomic E-state index is 10.8. The van der Waals surface area contributed by atoms with Crippen molar-refractivity contribution in [1.82, 2.24) is 5.32 Å². The number of aldehydes is 1. The van der Waals surface area contributed by atoms with E-state index < -0.39 is 36.2 Å². The predicted octanol–water partition coefficient (Wildman–Crippen LogP) is -3.58. The first-order chi connectivity index (χ1) is 7.29. The molecule has 8 nitrogen and oxygen atoms in total. The highest BCUT2D eigenvalue weighted by atomic mass is 16.7. The Morgan fingerprint density at radius 3 is 2.50 bits per heavy atom. The van der Waals surface area contributed by atoms with Crippen LogP contribution in [0.1, 0.15) is 6.92 Å². The van der Waals surface area contributed by atoms with E-state index in [2.05, 4.69) is 10.1 Å². The number of amides is 1. The average molecular weight is 234 g/mol. The molecule has 16 heavy (non-hydrogen) atoms. The summed E-state index contributed by atoms with van der Waals surface area (Å²) >= 11 is 0. The van der Waals surface area contributed by atoms with Crippen molar-refractivity contribution in [3.8, 4) is 0 Å². The van der Waals surface area contributed by atoms with E-state index in [9.17, 15) is 24.9 Å². The molecule has 5 atom stereocenters. The Morgan fingerprint density at radius 2 is 2.06 bits per heavy atom. The molecular formula is C8H14N2O6. The zero-order valence-electron chi connectivity index (χ0n) is 8.53. The number of carbonyl (C=O) groups is 2. The lowest BCUT2D eigenvalue weighted by atomic mass is 9.95. The van der Waals surface area contributed by atoms with E-state index in [1.165, 1.54) is 0 Å². The molecular weight excluding hydrogens is 220 g/mol. The molecule has 1 saturated heterocycles. The lowest BCUT2D eigenvalue weighted by Crippen LogP contribution is -2.73. The lowest BCUT2D eigenvalue weighted by molar-refractivity contribution is -0.301. The van der Waals surface area contributed by atoms with Crippen LogP contribution in [0.15, 0.2) is 0 Å². The van der Waals surface area contributed by atoms with E-state index in [1.54, 1.807) is 0 Å². The zero-order valence-corrected chi connectivity index (χ0v) is 8.53. The molecule has 1 fully saturated rings. The van der Waals surface area contributed by atoms with Crippen LogP contribution in [0.25, 0.3) is 0 Å². The fourth-order valence-electron chi connectivity index (χ4n) is 1.51. The van der Waals surface area contributed by atoms with Gasteiger partial charge in [-0.15, -0.1) is 0 Å². The van der Waals surface area contributed by atoms with E-state index in [-0.39, 0.29) is 6.29 Å². The number of rotatable bonds is 2. The zero-order chi connectivity index (χ0) is 12.5. The third kappa shape index (κ3) is 2.36. The van der Waals surface area contributed by atoms with Crippen molar-refractivity contribution in [3.63, 3.8) is 0 Å². The van der Waals surface area contributed by atoms with Gasteiger partial charge in [-0.3, -0.25) is 10.5 Å². The summed E-state index contributed by atoms with van der Waals surface area (Å²) in [5.74, 6) is -3.00. The van der Waals surface area contributed by atoms with E-state index in [0.717, 1.165) is 6.92 Å². The van der Waals surface area contributed by atoms with Crippen LogP contribution in [-0.4, -0.2) is 57.8 Å². The molecule has 0 saturated carbocycles. The number of carbonyl (C=O) groups excluding carboxylic acids is 2. The van der Waals surface area contributed by atoms with Gasteiger partial charge in [-0.25, -0.2) is 0 Å². The van der Waals surface area contributed by atoms with Gasteiger partial charge in [0, 0.05) is 6.92 Å². The second kappa shape index (κ2) is 4.44. The Kier molecular flexibility index (Phi) is 3.61. The number of nitrogens with two attached hydrogens (primary N) is 1. The summed E-state index contributed by atoms with van der Waals surface area (Å²) in [5.41, 5.74) is 5.28. The number of hydrogen-bond donors (Lipinski definition) is 5. The third-order valence-electron chi connectivity index (χ3n) is 2.29. The number of hydrogen-bond acceptors (Lipinski definition) is 7. The Hall–Kier alpha value is -1.06. The fraction of sp³-hybridized carbons (Fsp3) is 0.750. The highest BCUT2D eigenvalue weighted by Gasteiger charge is 2.51. The highest BCUT2D eigenvalue weighted by molar-refractivity contribution is 5.73. The van der Waals surface area contributed by atoms with Crippen LogP contribution in [0.3, 0.4) is 0 Å². The third-order valence-corrected chi connectivity index (χ3v) is 2.29. The van der Waals surface area contributed by atoms with Crippen molar-refractivity contribution in [1.29, 1.82) is 0 Å². The van der Waals surface area contributed by atoms with E-state index in [4.69, 9.17) is 5.73 Å². The minimum Gasteiger partial charge on any atom is -0.388 e. The van der Waals surface area contributed by atoms with Crippen LogP contribution in [0.2, 0.25) is 0 Å². The molecule has 1 heterocycles. The van der Waals surface area contributed by atoms with Crippen molar-refractivity contribution < 1.29 is 29.6 Å². The summed E-state index contributed by atoms with van der Waals surface area (Å²) in [4.78, 5) is 21.3. The maximum absolute atomic E-state index is 10.8. The van der Waals surface area contributed by atoms with Crippen LogP contribution in [0, 0.1) is 0 Å². The van der Waals surface area contributed by atoms with Gasteiger partial charge in [0.15, 0.2) is 6.29 Å². The second-order valence-corrected chi connectivity index (χ2v) is 3.63. The van der Waals surface area contributed by atoms with Gasteiger partial charge < -0.3 is 30.2 Å². The van der Waals surface area contributed by atoms with Gasteiger partial charge in [-0.05, 0) is 0 Å². The smallest absolute Gasteiger partial charge is 0.247 e. The van der Waals surface area contributed by atoms with Crippen LogP contribution in [0.5, 0.6) is 0 Å². The van der Waals surface area contributed by atoms with Gasteiger partial charge in [-0.1, -0.05) is 0 Å². The molecule has 0 aromatic rings. The molecule has 0 aromatic carbocycles. The number of aliphatic hydroxyl groups excluding tert-OH is 2. The molecule has 8 heteroatoms. The minimum atomic E-state index is -2.42. The van der Waals surface area contributed by atoms with Gasteiger partial charge in [0.05, 0.1) is 0 Å². The Balaban J connectivity index is 2.91.